The summed E-state index contributed by atoms with van der Waals surface area (Å²) in [5, 5.41) is 0. The smallest absolute Gasteiger partial charge is 0.167 e. The molecule has 0 radical (unpaired) electrons. The van der Waals surface area contributed by atoms with Crippen LogP contribution in [0.1, 0.15) is 17.5 Å². The van der Waals surface area contributed by atoms with Crippen molar-refractivity contribution in [1.82, 2.24) is 4.98 Å². The fourth-order valence-electron chi connectivity index (χ4n) is 1.76. The Hall–Kier alpha value is -1.82. The summed E-state index contributed by atoms with van der Waals surface area (Å²) in [7, 11) is 0. The highest BCUT2D eigenvalue weighted by atomic mass is 32.1. The third-order valence-corrected chi connectivity index (χ3v) is 3.79. The van der Waals surface area contributed by atoms with Gasteiger partial charge in [0.25, 0.3) is 0 Å². The number of halogens is 1. The normalized spacial score (nSPS) is 10.6. The molecule has 0 saturated heterocycles. The number of hydrogen-bond donors (Lipinski definition) is 1. The molecule has 2 rings (SSSR count). The molecule has 0 aliphatic rings. The SMILES string of the molecule is CCOc1cc(OCCc2scnc2C)c(N)cc1F. The highest BCUT2D eigenvalue weighted by molar-refractivity contribution is 7.09. The molecule has 0 amide bonds. The van der Waals surface area contributed by atoms with Crippen LogP contribution < -0.4 is 15.2 Å². The molecular weight excluding hydrogens is 279 g/mol. The van der Waals surface area contributed by atoms with Gasteiger partial charge in [0.2, 0.25) is 0 Å². The molecule has 1 heterocycles. The average molecular weight is 296 g/mol. The van der Waals surface area contributed by atoms with E-state index in [4.69, 9.17) is 15.2 Å². The standard InChI is InChI=1S/C14H17FN2O2S/c1-3-18-12-7-13(11(16)6-10(12)15)19-5-4-14-9(2)17-8-20-14/h6-8H,3-5,16H2,1-2H3. The molecule has 108 valence electrons. The number of aryl methyl sites for hydroxylation is 1. The van der Waals surface area contributed by atoms with Gasteiger partial charge in [-0.15, -0.1) is 11.3 Å². The molecule has 2 N–H and O–H groups in total. The molecule has 0 aliphatic carbocycles. The minimum atomic E-state index is -0.477. The van der Waals surface area contributed by atoms with Crippen LogP contribution in [-0.4, -0.2) is 18.2 Å². The number of thiazole rings is 1. The molecule has 2 aromatic rings. The predicted molar refractivity (Wildman–Crippen MR) is 78.0 cm³/mol. The fraction of sp³-hybridized carbons (Fsp3) is 0.357. The number of aromatic nitrogens is 1. The maximum atomic E-state index is 13.5. The molecule has 1 aromatic carbocycles. The van der Waals surface area contributed by atoms with Crippen molar-refractivity contribution in [3.8, 4) is 11.5 Å². The van der Waals surface area contributed by atoms with Crippen LogP contribution in [0.5, 0.6) is 11.5 Å². The van der Waals surface area contributed by atoms with E-state index in [0.717, 1.165) is 12.1 Å². The van der Waals surface area contributed by atoms with Gasteiger partial charge in [-0.2, -0.15) is 0 Å². The van der Waals surface area contributed by atoms with Gasteiger partial charge in [-0.3, -0.25) is 0 Å². The summed E-state index contributed by atoms with van der Waals surface area (Å²) in [6, 6.07) is 2.71. The van der Waals surface area contributed by atoms with E-state index in [9.17, 15) is 4.39 Å². The maximum absolute atomic E-state index is 13.5. The van der Waals surface area contributed by atoms with Gasteiger partial charge in [0.05, 0.1) is 30.1 Å². The molecule has 0 atom stereocenters. The van der Waals surface area contributed by atoms with Crippen molar-refractivity contribution < 1.29 is 13.9 Å². The van der Waals surface area contributed by atoms with E-state index in [-0.39, 0.29) is 11.4 Å². The van der Waals surface area contributed by atoms with Gasteiger partial charge in [0, 0.05) is 23.4 Å². The molecular formula is C14H17FN2O2S. The lowest BCUT2D eigenvalue weighted by atomic mass is 10.2. The second-order valence-corrected chi connectivity index (χ2v) is 5.15. The highest BCUT2D eigenvalue weighted by Gasteiger charge is 2.10. The van der Waals surface area contributed by atoms with E-state index in [2.05, 4.69) is 4.98 Å². The summed E-state index contributed by atoms with van der Waals surface area (Å²) in [5.74, 6) is 0.123. The average Bonchev–Trinajstić information content (AvgIpc) is 2.81. The first kappa shape index (κ1) is 14.6. The number of nitrogens with zero attached hydrogens (tertiary/aromatic N) is 1. The second-order valence-electron chi connectivity index (χ2n) is 4.21. The molecule has 0 bridgehead atoms. The zero-order chi connectivity index (χ0) is 14.5. The van der Waals surface area contributed by atoms with E-state index >= 15 is 0 Å². The van der Waals surface area contributed by atoms with Crippen LogP contribution in [-0.2, 0) is 6.42 Å². The molecule has 4 nitrogen and oxygen atoms in total. The van der Waals surface area contributed by atoms with Gasteiger partial charge < -0.3 is 15.2 Å². The number of nitrogens with two attached hydrogens (primary N) is 1. The Morgan fingerprint density at radius 2 is 2.10 bits per heavy atom. The Balaban J connectivity index is 2.02. The largest absolute Gasteiger partial charge is 0.491 e. The molecule has 6 heteroatoms. The lowest BCUT2D eigenvalue weighted by Crippen LogP contribution is -2.05. The summed E-state index contributed by atoms with van der Waals surface area (Å²) in [6.07, 6.45) is 0.747. The summed E-state index contributed by atoms with van der Waals surface area (Å²) < 4.78 is 24.3. The van der Waals surface area contributed by atoms with Crippen molar-refractivity contribution >= 4 is 17.0 Å². The molecule has 1 aromatic heterocycles. The Kier molecular flexibility index (Phi) is 4.79. The number of hydrogen-bond acceptors (Lipinski definition) is 5. The summed E-state index contributed by atoms with van der Waals surface area (Å²) >= 11 is 1.60. The van der Waals surface area contributed by atoms with Gasteiger partial charge in [-0.1, -0.05) is 0 Å². The lowest BCUT2D eigenvalue weighted by Gasteiger charge is -2.11. The van der Waals surface area contributed by atoms with Gasteiger partial charge in [-0.05, 0) is 13.8 Å². The zero-order valence-corrected chi connectivity index (χ0v) is 12.3. The van der Waals surface area contributed by atoms with Gasteiger partial charge in [0.15, 0.2) is 11.6 Å². The van der Waals surface area contributed by atoms with Crippen molar-refractivity contribution in [1.29, 1.82) is 0 Å². The first-order valence-corrected chi connectivity index (χ1v) is 7.23. The lowest BCUT2D eigenvalue weighted by molar-refractivity contribution is 0.305. The van der Waals surface area contributed by atoms with E-state index in [1.165, 1.54) is 17.0 Å². The monoisotopic (exact) mass is 296 g/mol. The van der Waals surface area contributed by atoms with Crippen LogP contribution in [0, 0.1) is 12.7 Å². The number of nitrogen functional groups attached to an aromatic ring is 1. The highest BCUT2D eigenvalue weighted by Crippen LogP contribution is 2.30. The van der Waals surface area contributed by atoms with Crippen LogP contribution in [0.25, 0.3) is 0 Å². The Labute approximate surface area is 121 Å². The third kappa shape index (κ3) is 3.39. The predicted octanol–water partition coefficient (Wildman–Crippen LogP) is 3.19. The quantitative estimate of drug-likeness (QED) is 0.832. The molecule has 0 fully saturated rings. The van der Waals surface area contributed by atoms with E-state index in [0.29, 0.717) is 19.0 Å². The minimum Gasteiger partial charge on any atom is -0.491 e. The number of anilines is 1. The van der Waals surface area contributed by atoms with Crippen LogP contribution in [0.2, 0.25) is 0 Å². The third-order valence-electron chi connectivity index (χ3n) is 2.80. The van der Waals surface area contributed by atoms with E-state index in [1.54, 1.807) is 18.3 Å². The van der Waals surface area contributed by atoms with Crippen molar-refractivity contribution in [3.63, 3.8) is 0 Å². The fourth-order valence-corrected chi connectivity index (χ4v) is 2.52. The van der Waals surface area contributed by atoms with Crippen molar-refractivity contribution in [2.75, 3.05) is 18.9 Å². The number of benzene rings is 1. The van der Waals surface area contributed by atoms with Crippen LogP contribution in [0.4, 0.5) is 10.1 Å². The molecule has 0 spiro atoms. The Morgan fingerprint density at radius 3 is 2.75 bits per heavy atom. The van der Waals surface area contributed by atoms with Crippen molar-refractivity contribution in [3.05, 3.63) is 34.0 Å². The van der Waals surface area contributed by atoms with Crippen molar-refractivity contribution in [2.45, 2.75) is 20.3 Å². The Bertz CT molecular complexity index is 587. The van der Waals surface area contributed by atoms with Gasteiger partial charge >= 0.3 is 0 Å². The van der Waals surface area contributed by atoms with Gasteiger partial charge in [-0.25, -0.2) is 9.37 Å². The van der Waals surface area contributed by atoms with Crippen LogP contribution >= 0.6 is 11.3 Å². The van der Waals surface area contributed by atoms with Crippen molar-refractivity contribution in [2.24, 2.45) is 0 Å². The first-order chi connectivity index (χ1) is 9.61. The first-order valence-electron chi connectivity index (χ1n) is 6.35. The summed E-state index contributed by atoms with van der Waals surface area (Å²) in [6.45, 7) is 4.61. The second kappa shape index (κ2) is 6.56. The van der Waals surface area contributed by atoms with E-state index < -0.39 is 5.82 Å². The zero-order valence-electron chi connectivity index (χ0n) is 11.5. The summed E-state index contributed by atoms with van der Waals surface area (Å²) in [4.78, 5) is 5.36. The molecule has 0 saturated carbocycles. The molecule has 0 aliphatic heterocycles. The maximum Gasteiger partial charge on any atom is 0.167 e. The Morgan fingerprint density at radius 1 is 1.30 bits per heavy atom. The van der Waals surface area contributed by atoms with Crippen LogP contribution in [0.15, 0.2) is 17.6 Å². The molecule has 0 unspecified atom stereocenters. The van der Waals surface area contributed by atoms with E-state index in [1.807, 2.05) is 12.4 Å². The van der Waals surface area contributed by atoms with Gasteiger partial charge in [0.1, 0.15) is 5.75 Å². The van der Waals surface area contributed by atoms with Crippen LogP contribution in [0.3, 0.4) is 0 Å². The topological polar surface area (TPSA) is 57.4 Å². The number of ether oxygens (including phenoxy) is 2. The number of rotatable bonds is 6. The molecule has 20 heavy (non-hydrogen) atoms. The summed E-state index contributed by atoms with van der Waals surface area (Å²) in [5.41, 5.74) is 8.84. The minimum absolute atomic E-state index is 0.158.